The lowest BCUT2D eigenvalue weighted by Gasteiger charge is -2.13. The highest BCUT2D eigenvalue weighted by Gasteiger charge is 2.30. The van der Waals surface area contributed by atoms with Crippen molar-refractivity contribution < 1.29 is 23.8 Å². The van der Waals surface area contributed by atoms with E-state index in [0.717, 1.165) is 11.1 Å². The maximum absolute atomic E-state index is 12.9. The molecule has 0 radical (unpaired) electrons. The second kappa shape index (κ2) is 11.6. The zero-order valence-electron chi connectivity index (χ0n) is 20.3. The number of carbonyl (C=O) groups is 2. The van der Waals surface area contributed by atoms with Gasteiger partial charge in [-0.25, -0.2) is 9.79 Å². The largest absolute Gasteiger partial charge is 0.490 e. The summed E-state index contributed by atoms with van der Waals surface area (Å²) in [6.45, 7) is 2.84. The average molecular weight is 503 g/mol. The fourth-order valence-electron chi connectivity index (χ4n) is 3.44. The quantitative estimate of drug-likeness (QED) is 0.291. The van der Waals surface area contributed by atoms with Crippen LogP contribution in [0.4, 0.5) is 5.69 Å². The van der Waals surface area contributed by atoms with Crippen LogP contribution in [0, 0.1) is 0 Å². The summed E-state index contributed by atoms with van der Waals surface area (Å²) in [4.78, 5) is 31.1. The molecule has 0 N–H and O–H groups in total. The van der Waals surface area contributed by atoms with Gasteiger partial charge < -0.3 is 14.2 Å². The number of aliphatic imine (C=N–C) groups is 1. The van der Waals surface area contributed by atoms with Gasteiger partial charge in [0.25, 0.3) is 5.91 Å². The second-order valence-corrected chi connectivity index (χ2v) is 8.83. The van der Waals surface area contributed by atoms with Crippen LogP contribution in [-0.4, -0.2) is 42.7 Å². The van der Waals surface area contributed by atoms with Gasteiger partial charge >= 0.3 is 5.97 Å². The van der Waals surface area contributed by atoms with Crippen molar-refractivity contribution >= 4 is 40.6 Å². The maximum Gasteiger partial charge on any atom is 0.337 e. The molecule has 7 nitrogen and oxygen atoms in total. The van der Waals surface area contributed by atoms with Crippen LogP contribution in [0.15, 0.2) is 82.7 Å². The Labute approximate surface area is 214 Å². The summed E-state index contributed by atoms with van der Waals surface area (Å²) < 4.78 is 16.5. The number of amides is 1. The van der Waals surface area contributed by atoms with Crippen molar-refractivity contribution in [2.45, 2.75) is 13.5 Å². The smallest absolute Gasteiger partial charge is 0.337 e. The van der Waals surface area contributed by atoms with Crippen molar-refractivity contribution in [3.63, 3.8) is 0 Å². The summed E-state index contributed by atoms with van der Waals surface area (Å²) in [5.74, 6) is 0.700. The van der Waals surface area contributed by atoms with Crippen LogP contribution in [0.25, 0.3) is 6.08 Å². The molecule has 0 spiro atoms. The molecule has 8 heteroatoms. The molecule has 1 heterocycles. The van der Waals surface area contributed by atoms with Crippen molar-refractivity contribution in [3.8, 4) is 11.5 Å². The highest BCUT2D eigenvalue weighted by atomic mass is 32.2. The number of esters is 1. The van der Waals surface area contributed by atoms with E-state index in [9.17, 15) is 9.59 Å². The Morgan fingerprint density at radius 1 is 1.00 bits per heavy atom. The number of rotatable bonds is 8. The van der Waals surface area contributed by atoms with Crippen LogP contribution in [-0.2, 0) is 16.1 Å². The predicted molar refractivity (Wildman–Crippen MR) is 142 cm³/mol. The van der Waals surface area contributed by atoms with Gasteiger partial charge in [-0.1, -0.05) is 36.4 Å². The van der Waals surface area contributed by atoms with Gasteiger partial charge in [0.1, 0.15) is 6.61 Å². The summed E-state index contributed by atoms with van der Waals surface area (Å²) in [7, 11) is 3.02. The Balaban J connectivity index is 1.52. The van der Waals surface area contributed by atoms with E-state index in [1.807, 2.05) is 61.5 Å². The van der Waals surface area contributed by atoms with Crippen LogP contribution in [0.1, 0.15) is 28.4 Å². The summed E-state index contributed by atoms with van der Waals surface area (Å²) in [6, 6.07) is 22.2. The molecule has 1 fully saturated rings. The van der Waals surface area contributed by atoms with Crippen LogP contribution in [0.3, 0.4) is 0 Å². The van der Waals surface area contributed by atoms with Crippen molar-refractivity contribution in [1.29, 1.82) is 0 Å². The van der Waals surface area contributed by atoms with Crippen molar-refractivity contribution in [3.05, 3.63) is 94.4 Å². The second-order valence-electron chi connectivity index (χ2n) is 7.82. The molecule has 1 saturated heterocycles. The normalized spacial score (nSPS) is 15.4. The molecule has 1 aliphatic heterocycles. The fraction of sp³-hybridized carbons (Fsp3) is 0.179. The molecular weight excluding hydrogens is 476 g/mol. The third kappa shape index (κ3) is 5.95. The molecule has 4 rings (SSSR count). The average Bonchev–Trinajstić information content (AvgIpc) is 3.16. The van der Waals surface area contributed by atoms with Crippen molar-refractivity contribution in [2.75, 3.05) is 20.8 Å². The zero-order valence-corrected chi connectivity index (χ0v) is 21.1. The minimum Gasteiger partial charge on any atom is -0.490 e. The molecule has 0 saturated carbocycles. The number of hydrogen-bond acceptors (Lipinski definition) is 7. The van der Waals surface area contributed by atoms with E-state index < -0.39 is 5.97 Å². The lowest BCUT2D eigenvalue weighted by Crippen LogP contribution is -2.23. The van der Waals surface area contributed by atoms with E-state index in [1.165, 1.54) is 23.8 Å². The molecule has 3 aromatic rings. The van der Waals surface area contributed by atoms with E-state index in [2.05, 4.69) is 4.99 Å². The van der Waals surface area contributed by atoms with E-state index in [1.54, 1.807) is 31.3 Å². The first-order valence-electron chi connectivity index (χ1n) is 11.4. The van der Waals surface area contributed by atoms with Gasteiger partial charge in [0, 0.05) is 7.05 Å². The number of likely N-dealkylation sites (N-methyl/N-ethyl adjacent to an activating group) is 1. The summed E-state index contributed by atoms with van der Waals surface area (Å²) in [5.41, 5.74) is 2.95. The SMILES string of the molecule is CCOc1cc(/C=C2/SC(=Nc3ccc(C(=O)OC)cc3)N(C)C2=O)ccc1OCc1ccccc1. The number of nitrogens with zero attached hydrogens (tertiary/aromatic N) is 2. The minimum atomic E-state index is -0.412. The Morgan fingerprint density at radius 3 is 2.44 bits per heavy atom. The first kappa shape index (κ1) is 25.1. The van der Waals surface area contributed by atoms with Crippen LogP contribution < -0.4 is 9.47 Å². The Bertz CT molecular complexity index is 1300. The van der Waals surface area contributed by atoms with Gasteiger partial charge in [-0.3, -0.25) is 9.69 Å². The van der Waals surface area contributed by atoms with Crippen LogP contribution in [0.2, 0.25) is 0 Å². The first-order valence-corrected chi connectivity index (χ1v) is 12.2. The van der Waals surface area contributed by atoms with E-state index >= 15 is 0 Å². The summed E-state index contributed by atoms with van der Waals surface area (Å²) >= 11 is 1.29. The van der Waals surface area contributed by atoms with E-state index in [4.69, 9.17) is 14.2 Å². The van der Waals surface area contributed by atoms with Crippen molar-refractivity contribution in [2.24, 2.45) is 4.99 Å². The number of benzene rings is 3. The molecule has 0 aliphatic carbocycles. The Hall–Kier alpha value is -4.04. The molecule has 1 amide bonds. The number of methoxy groups -OCH3 is 1. The lowest BCUT2D eigenvalue weighted by atomic mass is 10.1. The predicted octanol–water partition coefficient (Wildman–Crippen LogP) is 5.68. The monoisotopic (exact) mass is 502 g/mol. The standard InChI is InChI=1S/C28H26N2O5S/c1-4-34-24-16-20(10-15-23(24)35-18-19-8-6-5-7-9-19)17-25-26(31)30(2)28(36-25)29-22-13-11-21(12-14-22)27(32)33-3/h5-17H,4,18H2,1-3H3/b25-17+,29-28?. The van der Waals surface area contributed by atoms with Crippen molar-refractivity contribution in [1.82, 2.24) is 4.90 Å². The van der Waals surface area contributed by atoms with Crippen LogP contribution in [0.5, 0.6) is 11.5 Å². The minimum absolute atomic E-state index is 0.146. The topological polar surface area (TPSA) is 77.4 Å². The number of amidine groups is 1. The van der Waals surface area contributed by atoms with Crippen LogP contribution >= 0.6 is 11.8 Å². The molecule has 36 heavy (non-hydrogen) atoms. The fourth-order valence-corrected chi connectivity index (χ4v) is 4.43. The van der Waals surface area contributed by atoms with Gasteiger partial charge in [0.05, 0.1) is 29.9 Å². The van der Waals surface area contributed by atoms with E-state index in [-0.39, 0.29) is 5.91 Å². The highest BCUT2D eigenvalue weighted by molar-refractivity contribution is 8.18. The number of carbonyl (C=O) groups excluding carboxylic acids is 2. The molecule has 0 unspecified atom stereocenters. The summed E-state index contributed by atoms with van der Waals surface area (Å²) in [6.07, 6.45) is 1.82. The molecule has 0 bridgehead atoms. The van der Waals surface area contributed by atoms with Gasteiger partial charge in [0.15, 0.2) is 16.7 Å². The third-order valence-corrected chi connectivity index (χ3v) is 6.38. The molecule has 1 aliphatic rings. The lowest BCUT2D eigenvalue weighted by molar-refractivity contribution is -0.121. The molecule has 184 valence electrons. The van der Waals surface area contributed by atoms with Gasteiger partial charge in [0.2, 0.25) is 0 Å². The number of ether oxygens (including phenoxy) is 3. The number of thioether (sulfide) groups is 1. The zero-order chi connectivity index (χ0) is 25.5. The van der Waals surface area contributed by atoms with E-state index in [0.29, 0.717) is 46.0 Å². The highest BCUT2D eigenvalue weighted by Crippen LogP contribution is 2.35. The van der Waals surface area contributed by atoms with Gasteiger partial charge in [-0.05, 0) is 72.3 Å². The molecule has 3 aromatic carbocycles. The molecule has 0 atom stereocenters. The molecular formula is C28H26N2O5S. The summed E-state index contributed by atoms with van der Waals surface area (Å²) in [5, 5.41) is 0.546. The van der Waals surface area contributed by atoms with Gasteiger partial charge in [-0.15, -0.1) is 0 Å². The third-order valence-electron chi connectivity index (χ3n) is 5.32. The maximum atomic E-state index is 12.9. The first-order chi connectivity index (χ1) is 17.5. The Morgan fingerprint density at radius 2 is 1.75 bits per heavy atom. The number of hydrogen-bond donors (Lipinski definition) is 0. The Kier molecular flexibility index (Phi) is 8.07. The van der Waals surface area contributed by atoms with Gasteiger partial charge in [-0.2, -0.15) is 0 Å². The molecule has 0 aromatic heterocycles.